The van der Waals surface area contributed by atoms with Gasteiger partial charge in [-0.2, -0.15) is 0 Å². The molecule has 6 aromatic carbocycles. The van der Waals surface area contributed by atoms with Gasteiger partial charge in [0.05, 0.1) is 12.2 Å². The molecule has 0 bridgehead atoms. The number of hydrogen-bond donors (Lipinski definition) is 0. The summed E-state index contributed by atoms with van der Waals surface area (Å²) in [5, 5.41) is 10.3. The molecular formula is C70H74N3O3P. The first kappa shape index (κ1) is 44.2. The van der Waals surface area contributed by atoms with Crippen molar-refractivity contribution >= 4 is 84.7 Å². The molecule has 7 aliphatic carbocycles. The van der Waals surface area contributed by atoms with Crippen molar-refractivity contribution in [1.82, 2.24) is 4.90 Å². The molecule has 12 aliphatic rings. The van der Waals surface area contributed by atoms with Crippen LogP contribution >= 0.6 is 7.92 Å². The summed E-state index contributed by atoms with van der Waals surface area (Å²) >= 11 is 0. The number of fused-ring (bicyclic) bond motifs is 17. The minimum Gasteiger partial charge on any atom is -0.456 e. The van der Waals surface area contributed by atoms with Gasteiger partial charge in [0.15, 0.2) is 0 Å². The highest BCUT2D eigenvalue weighted by Gasteiger charge is 2.74. The van der Waals surface area contributed by atoms with Gasteiger partial charge in [-0.05, 0) is 207 Å². The molecule has 20 rings (SSSR count). The molecule has 5 saturated heterocycles. The summed E-state index contributed by atoms with van der Waals surface area (Å²) in [7, 11) is -0.253. The largest absolute Gasteiger partial charge is 0.456 e. The number of ether oxygens (including phenoxy) is 1. The molecule has 7 saturated carbocycles. The fourth-order valence-electron chi connectivity index (χ4n) is 23.1. The monoisotopic (exact) mass is 1040 g/mol. The highest BCUT2D eigenvalue weighted by atomic mass is 31.1. The topological polar surface area (TPSA) is 45.2 Å². The van der Waals surface area contributed by atoms with E-state index in [1.165, 1.54) is 170 Å². The number of anilines is 2. The number of nitrogens with zero attached hydrogens (tertiary/aromatic N) is 3. The van der Waals surface area contributed by atoms with E-state index >= 15 is 0 Å². The molecule has 12 fully saturated rings. The molecule has 5 aliphatic heterocycles. The Hall–Kier alpha value is -4.61. The van der Waals surface area contributed by atoms with Gasteiger partial charge in [-0.15, -0.1) is 0 Å². The summed E-state index contributed by atoms with van der Waals surface area (Å²) in [6, 6.07) is 46.8. The zero-order chi connectivity index (χ0) is 49.5. The molecule has 21 unspecified atom stereocenters. The Morgan fingerprint density at radius 2 is 0.935 bits per heavy atom. The van der Waals surface area contributed by atoms with E-state index in [2.05, 4.69) is 124 Å². The Labute approximate surface area is 454 Å². The van der Waals surface area contributed by atoms with Crippen LogP contribution in [-0.2, 0) is 4.74 Å². The lowest BCUT2D eigenvalue weighted by Crippen LogP contribution is -2.84. The zero-order valence-electron chi connectivity index (χ0n) is 44.7. The second-order valence-corrected chi connectivity index (χ2v) is 30.6. The maximum Gasteiger partial charge on any atom is 0.136 e. The zero-order valence-corrected chi connectivity index (χ0v) is 45.6. The highest BCUT2D eigenvalue weighted by molar-refractivity contribution is 7.60. The van der Waals surface area contributed by atoms with Gasteiger partial charge in [-0.25, -0.2) is 0 Å². The normalized spacial score (nSPS) is 42.4. The quantitative estimate of drug-likeness (QED) is 0.161. The molecule has 0 radical (unpaired) electrons. The van der Waals surface area contributed by atoms with Crippen LogP contribution in [0.2, 0.25) is 0 Å². The second-order valence-electron chi connectivity index (χ2n) is 27.9. The van der Waals surface area contributed by atoms with E-state index in [1.807, 2.05) is 0 Å². The van der Waals surface area contributed by atoms with Crippen molar-refractivity contribution in [2.24, 2.45) is 47.3 Å². The first-order chi connectivity index (χ1) is 38.1. The Kier molecular flexibility index (Phi) is 9.22. The van der Waals surface area contributed by atoms with Crippen LogP contribution in [0.4, 0.5) is 11.4 Å². The summed E-state index contributed by atoms with van der Waals surface area (Å²) in [4.78, 5) is 9.98. The van der Waals surface area contributed by atoms with Gasteiger partial charge in [0.25, 0.3) is 0 Å². The van der Waals surface area contributed by atoms with Gasteiger partial charge in [0.1, 0.15) is 22.3 Å². The van der Waals surface area contributed by atoms with E-state index in [0.29, 0.717) is 48.1 Å². The van der Waals surface area contributed by atoms with Crippen LogP contribution in [0.3, 0.4) is 0 Å². The molecule has 0 amide bonds. The van der Waals surface area contributed by atoms with Crippen LogP contribution in [-0.4, -0.2) is 76.4 Å². The van der Waals surface area contributed by atoms with E-state index in [0.717, 1.165) is 93.1 Å². The van der Waals surface area contributed by atoms with Crippen LogP contribution < -0.4 is 9.80 Å². The van der Waals surface area contributed by atoms with Crippen molar-refractivity contribution in [3.8, 4) is 0 Å². The predicted molar refractivity (Wildman–Crippen MR) is 314 cm³/mol. The van der Waals surface area contributed by atoms with Crippen molar-refractivity contribution in [2.75, 3.05) is 9.80 Å². The molecule has 7 heteroatoms. The fourth-order valence-corrected chi connectivity index (χ4v) is 28.5. The average Bonchev–Trinajstić information content (AvgIpc) is 4.27. The lowest BCUT2D eigenvalue weighted by atomic mass is 9.48. The van der Waals surface area contributed by atoms with Gasteiger partial charge in [-0.3, -0.25) is 4.90 Å². The number of hydrogen-bond acceptors (Lipinski definition) is 6. The third-order valence-electron chi connectivity index (χ3n) is 25.3. The van der Waals surface area contributed by atoms with Gasteiger partial charge in [-0.1, -0.05) is 95.0 Å². The molecule has 0 spiro atoms. The fraction of sp³-hybridized carbons (Fsp3) is 0.543. The Balaban J connectivity index is 0.775. The predicted octanol–water partition coefficient (Wildman–Crippen LogP) is 16.4. The molecule has 8 aromatic rings. The maximum absolute atomic E-state index is 7.52. The lowest BCUT2D eigenvalue weighted by molar-refractivity contribution is -0.172. The Bertz CT molecular complexity index is 3750. The lowest BCUT2D eigenvalue weighted by Gasteiger charge is -2.78. The summed E-state index contributed by atoms with van der Waals surface area (Å²) in [6.45, 7) is 0. The van der Waals surface area contributed by atoms with Gasteiger partial charge < -0.3 is 23.4 Å². The maximum atomic E-state index is 7.52. The van der Waals surface area contributed by atoms with Crippen molar-refractivity contribution in [1.29, 1.82) is 0 Å². The number of furan rings is 2. The summed E-state index contributed by atoms with van der Waals surface area (Å²) in [5.74, 6) is 6.89. The van der Waals surface area contributed by atoms with Crippen LogP contribution in [0, 0.1) is 47.3 Å². The highest BCUT2D eigenvalue weighted by Crippen LogP contribution is 2.77. The van der Waals surface area contributed by atoms with Crippen molar-refractivity contribution in [2.45, 2.75) is 187 Å². The van der Waals surface area contributed by atoms with Crippen LogP contribution in [0.15, 0.2) is 118 Å². The minimum absolute atomic E-state index is 0.253. The van der Waals surface area contributed by atoms with Crippen molar-refractivity contribution in [3.05, 3.63) is 109 Å². The smallest absolute Gasteiger partial charge is 0.136 e. The SMILES string of the molecule is c1ccc2cc3c(cc2c1)oc1ccc(N2C4CCCC5C4P4C6C2CCCC6N2C6CCC7OC8CC9CCCCC9CC8C7C6C6CCCC7CC(C4C2C76)N5c2ccc4oc5cc6ccccc6cc5c4c2)cc13. The van der Waals surface area contributed by atoms with E-state index in [4.69, 9.17) is 13.6 Å². The summed E-state index contributed by atoms with van der Waals surface area (Å²) in [6.07, 6.45) is 26.5. The third-order valence-corrected chi connectivity index (χ3v) is 29.4. The summed E-state index contributed by atoms with van der Waals surface area (Å²) < 4.78 is 21.1. The molecule has 77 heavy (non-hydrogen) atoms. The molecular weight excluding hydrogens is 962 g/mol. The first-order valence-electron chi connectivity index (χ1n) is 31.6. The summed E-state index contributed by atoms with van der Waals surface area (Å²) in [5.41, 5.74) is 9.34. The standard InChI is InChI=1S/C70H74N3O3P/c1-4-13-40-32-61-47(28-37(40)10-1)49-35-44(22-25-58(49)74-61)71-53-18-8-20-55-68(53)77-69-54(71)19-9-21-56(69)73-52-24-27-60-66(51-30-39-12-3-6-15-42(39)34-63(51)76-60)65(52)46-17-7-16-43-31-57(70(77)67(73)64(43)46)72(55)45-23-26-59-50(36-45)48-29-38-11-2-5-14-41(38)33-62(48)75-59/h1-2,4-5,10-11,13-14,22-23,25-26,28-29,32-33,35-36,39,42-43,46,51-57,60,63-70H,3,6-9,12,15-21,24,27,30-31,34H2. The number of piperidine rings is 1. The molecule has 21 atom stereocenters. The Morgan fingerprint density at radius 1 is 0.377 bits per heavy atom. The van der Waals surface area contributed by atoms with Gasteiger partial charge in [0, 0.05) is 92.2 Å². The molecule has 2 aromatic heterocycles. The van der Waals surface area contributed by atoms with Gasteiger partial charge in [0.2, 0.25) is 0 Å². The first-order valence-corrected chi connectivity index (χ1v) is 33.2. The van der Waals surface area contributed by atoms with Crippen LogP contribution in [0.25, 0.3) is 65.4 Å². The van der Waals surface area contributed by atoms with Crippen molar-refractivity contribution in [3.63, 3.8) is 0 Å². The number of benzene rings is 6. The van der Waals surface area contributed by atoms with E-state index < -0.39 is 0 Å². The van der Waals surface area contributed by atoms with Crippen molar-refractivity contribution < 1.29 is 13.6 Å². The third kappa shape index (κ3) is 5.90. The molecule has 392 valence electrons. The molecule has 0 N–H and O–H groups in total. The van der Waals surface area contributed by atoms with E-state index in [9.17, 15) is 0 Å². The molecule has 6 nitrogen and oxygen atoms in total. The number of rotatable bonds is 2. The van der Waals surface area contributed by atoms with Crippen LogP contribution in [0.1, 0.15) is 116 Å². The van der Waals surface area contributed by atoms with E-state index in [-0.39, 0.29) is 7.92 Å². The van der Waals surface area contributed by atoms with E-state index in [1.54, 1.807) is 0 Å². The minimum atomic E-state index is -0.253. The van der Waals surface area contributed by atoms with Crippen LogP contribution in [0.5, 0.6) is 0 Å². The average molecular weight is 1040 g/mol. The Morgan fingerprint density at radius 3 is 1.60 bits per heavy atom. The van der Waals surface area contributed by atoms with Gasteiger partial charge >= 0.3 is 0 Å². The second kappa shape index (κ2) is 16.1. The molecule has 7 heterocycles.